The molecule has 31 heavy (non-hydrogen) atoms. The number of nitrogens with zero attached hydrogens (tertiary/aromatic N) is 2. The molecule has 0 aliphatic carbocycles. The van der Waals surface area contributed by atoms with Gasteiger partial charge in [0.1, 0.15) is 5.82 Å². The van der Waals surface area contributed by atoms with Gasteiger partial charge in [0.2, 0.25) is 5.91 Å². The lowest BCUT2D eigenvalue weighted by molar-refractivity contribution is -0.152. The predicted octanol–water partition coefficient (Wildman–Crippen LogP) is 3.07. The van der Waals surface area contributed by atoms with Crippen LogP contribution in [0.4, 0.5) is 14.9 Å². The Morgan fingerprint density at radius 3 is 2.52 bits per heavy atom. The van der Waals surface area contributed by atoms with Gasteiger partial charge in [0, 0.05) is 13.1 Å². The van der Waals surface area contributed by atoms with Gasteiger partial charge in [-0.3, -0.25) is 9.59 Å². The topological polar surface area (TPSA) is 79.0 Å². The molecule has 0 spiro atoms. The monoisotopic (exact) mass is 433 g/mol. The number of carbonyl (C=O) groups excluding carboxylic acids is 3. The Balaban J connectivity index is 1.55. The van der Waals surface area contributed by atoms with E-state index in [-0.39, 0.29) is 17.8 Å². The number of rotatable bonds is 5. The van der Waals surface area contributed by atoms with Gasteiger partial charge < -0.3 is 15.0 Å². The lowest BCUT2D eigenvalue weighted by atomic mass is 9.86. The Labute approximate surface area is 182 Å². The van der Waals surface area contributed by atoms with Crippen LogP contribution >= 0.6 is 0 Å². The number of hydrogen-bond donors (Lipinski definition) is 1. The van der Waals surface area contributed by atoms with E-state index >= 15 is 0 Å². The van der Waals surface area contributed by atoms with Gasteiger partial charge in [-0.05, 0) is 77.2 Å². The van der Waals surface area contributed by atoms with Crippen LogP contribution in [-0.2, 0) is 19.7 Å². The third-order valence-electron chi connectivity index (χ3n) is 6.42. The molecule has 3 rings (SSSR count). The third kappa shape index (κ3) is 4.59. The van der Waals surface area contributed by atoms with Crippen molar-refractivity contribution in [3.05, 3.63) is 29.6 Å². The summed E-state index contributed by atoms with van der Waals surface area (Å²) in [5.41, 5.74) is -0.484. The fourth-order valence-electron chi connectivity index (χ4n) is 4.48. The molecule has 7 nitrogen and oxygen atoms in total. The van der Waals surface area contributed by atoms with E-state index < -0.39 is 22.7 Å². The summed E-state index contributed by atoms with van der Waals surface area (Å²) in [5, 5.41) is 2.86. The van der Waals surface area contributed by atoms with E-state index in [4.69, 9.17) is 4.74 Å². The second kappa shape index (κ2) is 8.57. The SMILES string of the molecule is COC(=O)C(C)(C)CN1CCC(CNC(=O)N2C(=O)C(C)(C)c3ccc(F)cc32)CC1. The first-order valence-corrected chi connectivity index (χ1v) is 10.7. The van der Waals surface area contributed by atoms with Crippen molar-refractivity contribution in [2.75, 3.05) is 38.2 Å². The molecule has 1 N–H and O–H groups in total. The molecule has 2 aliphatic heterocycles. The van der Waals surface area contributed by atoms with E-state index in [0.717, 1.165) is 30.8 Å². The molecule has 0 radical (unpaired) electrons. The number of carbonyl (C=O) groups is 3. The molecule has 0 atom stereocenters. The molecule has 1 saturated heterocycles. The first-order valence-electron chi connectivity index (χ1n) is 10.7. The Morgan fingerprint density at radius 2 is 1.90 bits per heavy atom. The standard InChI is InChI=1S/C23H32FN3O4/c1-22(2,20(29)31-5)14-26-10-8-15(9-11-26)13-25-21(30)27-18-12-16(24)6-7-17(18)23(3,4)19(27)28/h6-7,12,15H,8-11,13-14H2,1-5H3,(H,25,30). The lowest BCUT2D eigenvalue weighted by Gasteiger charge is -2.36. The summed E-state index contributed by atoms with van der Waals surface area (Å²) < 4.78 is 18.7. The Kier molecular flexibility index (Phi) is 6.41. The van der Waals surface area contributed by atoms with Crippen LogP contribution in [0.25, 0.3) is 0 Å². The van der Waals surface area contributed by atoms with E-state index in [1.807, 2.05) is 13.8 Å². The first kappa shape index (κ1) is 23.2. The van der Waals surface area contributed by atoms with E-state index in [0.29, 0.717) is 24.3 Å². The van der Waals surface area contributed by atoms with Crippen LogP contribution in [-0.4, -0.2) is 56.1 Å². The highest BCUT2D eigenvalue weighted by Crippen LogP contribution is 2.41. The normalized spacial score (nSPS) is 19.3. The highest BCUT2D eigenvalue weighted by Gasteiger charge is 2.47. The number of urea groups is 1. The highest BCUT2D eigenvalue weighted by molar-refractivity contribution is 6.22. The minimum atomic E-state index is -0.877. The zero-order valence-electron chi connectivity index (χ0n) is 19.0. The van der Waals surface area contributed by atoms with Gasteiger partial charge in [0.15, 0.2) is 0 Å². The van der Waals surface area contributed by atoms with Crippen molar-refractivity contribution in [2.24, 2.45) is 11.3 Å². The molecule has 3 amide bonds. The zero-order chi connectivity index (χ0) is 23.0. The van der Waals surface area contributed by atoms with Crippen molar-refractivity contribution in [1.82, 2.24) is 10.2 Å². The van der Waals surface area contributed by atoms with Crippen molar-refractivity contribution < 1.29 is 23.5 Å². The Bertz CT molecular complexity index is 876. The smallest absolute Gasteiger partial charge is 0.328 e. The van der Waals surface area contributed by atoms with E-state index in [2.05, 4.69) is 10.2 Å². The van der Waals surface area contributed by atoms with Crippen LogP contribution in [0.1, 0.15) is 46.1 Å². The molecular formula is C23H32FN3O4. The molecule has 2 aliphatic rings. The second-order valence-corrected chi connectivity index (χ2v) is 9.71. The number of hydrogen-bond acceptors (Lipinski definition) is 5. The molecule has 1 fully saturated rings. The number of likely N-dealkylation sites (tertiary alicyclic amines) is 1. The van der Waals surface area contributed by atoms with Gasteiger partial charge in [-0.15, -0.1) is 0 Å². The molecule has 1 aromatic rings. The van der Waals surface area contributed by atoms with Crippen LogP contribution in [0.15, 0.2) is 18.2 Å². The maximum atomic E-state index is 13.8. The minimum Gasteiger partial charge on any atom is -0.469 e. The maximum Gasteiger partial charge on any atom is 0.328 e. The maximum absolute atomic E-state index is 13.8. The largest absolute Gasteiger partial charge is 0.469 e. The van der Waals surface area contributed by atoms with E-state index in [9.17, 15) is 18.8 Å². The molecule has 0 bridgehead atoms. The van der Waals surface area contributed by atoms with Gasteiger partial charge >= 0.3 is 12.0 Å². The number of fused-ring (bicyclic) bond motifs is 1. The third-order valence-corrected chi connectivity index (χ3v) is 6.42. The Morgan fingerprint density at radius 1 is 1.26 bits per heavy atom. The van der Waals surface area contributed by atoms with Crippen molar-refractivity contribution in [3.63, 3.8) is 0 Å². The van der Waals surface area contributed by atoms with Crippen molar-refractivity contribution in [1.29, 1.82) is 0 Å². The summed E-state index contributed by atoms with van der Waals surface area (Å²) in [5.74, 6) is -0.786. The first-order chi connectivity index (χ1) is 14.5. The summed E-state index contributed by atoms with van der Waals surface area (Å²) in [7, 11) is 1.40. The number of esters is 1. The van der Waals surface area contributed by atoms with Gasteiger partial charge in [-0.2, -0.15) is 0 Å². The van der Waals surface area contributed by atoms with Gasteiger partial charge in [0.25, 0.3) is 0 Å². The second-order valence-electron chi connectivity index (χ2n) is 9.71. The average molecular weight is 434 g/mol. The van der Waals surface area contributed by atoms with Gasteiger partial charge in [0.05, 0.1) is 23.6 Å². The summed E-state index contributed by atoms with van der Waals surface area (Å²) in [6, 6.07) is 3.60. The van der Waals surface area contributed by atoms with Crippen LogP contribution in [0.5, 0.6) is 0 Å². The highest BCUT2D eigenvalue weighted by atomic mass is 19.1. The van der Waals surface area contributed by atoms with Crippen molar-refractivity contribution in [2.45, 2.75) is 46.0 Å². The van der Waals surface area contributed by atoms with Crippen LogP contribution in [0.2, 0.25) is 0 Å². The average Bonchev–Trinajstić information content (AvgIpc) is 2.91. The molecule has 0 unspecified atom stereocenters. The number of benzene rings is 1. The fraction of sp³-hybridized carbons (Fsp3) is 0.609. The number of anilines is 1. The van der Waals surface area contributed by atoms with E-state index in [1.165, 1.54) is 19.2 Å². The molecule has 1 aromatic carbocycles. The molecule has 2 heterocycles. The predicted molar refractivity (Wildman–Crippen MR) is 115 cm³/mol. The fourth-order valence-corrected chi connectivity index (χ4v) is 4.48. The summed E-state index contributed by atoms with van der Waals surface area (Å²) in [6.07, 6.45) is 1.75. The number of nitrogens with one attached hydrogen (secondary N) is 1. The van der Waals surface area contributed by atoms with Crippen molar-refractivity contribution in [3.8, 4) is 0 Å². The molecule has 0 aromatic heterocycles. The molecule has 170 valence electrons. The van der Waals surface area contributed by atoms with Gasteiger partial charge in [-0.1, -0.05) is 6.07 Å². The molecule has 8 heteroatoms. The minimum absolute atomic E-state index is 0.225. The van der Waals surface area contributed by atoms with Gasteiger partial charge in [-0.25, -0.2) is 14.1 Å². The van der Waals surface area contributed by atoms with Crippen LogP contribution < -0.4 is 10.2 Å². The van der Waals surface area contributed by atoms with Crippen LogP contribution in [0.3, 0.4) is 0 Å². The molecule has 0 saturated carbocycles. The Hall–Kier alpha value is -2.48. The number of methoxy groups -OCH3 is 1. The summed E-state index contributed by atoms with van der Waals surface area (Å²) in [4.78, 5) is 40.9. The number of piperidine rings is 1. The number of halogens is 1. The lowest BCUT2D eigenvalue weighted by Crippen LogP contribution is -2.48. The van der Waals surface area contributed by atoms with Crippen LogP contribution in [0, 0.1) is 17.2 Å². The summed E-state index contributed by atoms with van der Waals surface area (Å²) in [6.45, 7) is 9.95. The van der Waals surface area contributed by atoms with Crippen molar-refractivity contribution >= 4 is 23.6 Å². The number of imide groups is 1. The number of amides is 3. The quantitative estimate of drug-likeness (QED) is 0.722. The van der Waals surface area contributed by atoms with E-state index in [1.54, 1.807) is 19.9 Å². The molecular weight excluding hydrogens is 401 g/mol. The zero-order valence-corrected chi connectivity index (χ0v) is 19.0. The number of ether oxygens (including phenoxy) is 1. The summed E-state index contributed by atoms with van der Waals surface area (Å²) >= 11 is 0.